The van der Waals surface area contributed by atoms with Gasteiger partial charge in [0.2, 0.25) is 0 Å². The third kappa shape index (κ3) is 32.7. The van der Waals surface area contributed by atoms with Gasteiger partial charge in [-0.05, 0) is 148 Å². The van der Waals surface area contributed by atoms with Gasteiger partial charge in [0.05, 0.1) is 77.4 Å². The van der Waals surface area contributed by atoms with Gasteiger partial charge in [0, 0.05) is 68.9 Å². The van der Waals surface area contributed by atoms with Crippen LogP contribution in [0.25, 0.3) is 0 Å². The van der Waals surface area contributed by atoms with Crippen molar-refractivity contribution in [2.24, 2.45) is 23.7 Å². The summed E-state index contributed by atoms with van der Waals surface area (Å²) in [5, 5.41) is 70.3. The topological polar surface area (TPSA) is 278 Å². The van der Waals surface area contributed by atoms with Gasteiger partial charge in [0.15, 0.2) is 34.7 Å². The van der Waals surface area contributed by atoms with E-state index >= 15 is 0 Å². The Bertz CT molecular complexity index is 4910. The van der Waals surface area contributed by atoms with E-state index in [2.05, 4.69) is 81.1 Å². The van der Waals surface area contributed by atoms with Gasteiger partial charge < -0.3 is 58.3 Å². The Morgan fingerprint density at radius 2 is 0.485 bits per heavy atom. The van der Waals surface area contributed by atoms with Gasteiger partial charge in [-0.15, -0.1) is 66.8 Å². The summed E-state index contributed by atoms with van der Waals surface area (Å²) in [6.45, 7) is 26.1. The van der Waals surface area contributed by atoms with Crippen molar-refractivity contribution in [1.29, 1.82) is 0 Å². The lowest BCUT2D eigenvalue weighted by atomic mass is 9.77. The molecule has 12 rings (SSSR count). The van der Waals surface area contributed by atoms with Gasteiger partial charge >= 0.3 is 0 Å². The number of nitrogens with zero attached hydrogens (tertiary/aromatic N) is 12. The van der Waals surface area contributed by atoms with Crippen LogP contribution >= 0.6 is 46.4 Å². The van der Waals surface area contributed by atoms with E-state index in [1.54, 1.807) is 18.2 Å². The zero-order valence-corrected chi connectivity index (χ0v) is 81.8. The van der Waals surface area contributed by atoms with Crippen molar-refractivity contribution in [3.8, 4) is 46.0 Å². The van der Waals surface area contributed by atoms with Crippen LogP contribution in [-0.4, -0.2) is 181 Å². The van der Waals surface area contributed by atoms with Crippen LogP contribution in [0.3, 0.4) is 0 Å². The zero-order valence-electron chi connectivity index (χ0n) is 78.8. The summed E-state index contributed by atoms with van der Waals surface area (Å²) < 4.78 is 145. The number of benzene rings is 8. The van der Waals surface area contributed by atoms with Crippen molar-refractivity contribution in [3.63, 3.8) is 0 Å². The maximum atomic E-state index is 14.6. The van der Waals surface area contributed by atoms with Crippen molar-refractivity contribution in [2.45, 2.75) is 189 Å². The molecule has 35 heteroatoms. The first-order valence-corrected chi connectivity index (χ1v) is 46.8. The second kappa shape index (κ2) is 52.7. The molecule has 0 aliphatic heterocycles. The summed E-state index contributed by atoms with van der Waals surface area (Å²) in [6, 6.07) is 51.5. The maximum absolute atomic E-state index is 14.6. The first-order valence-electron chi connectivity index (χ1n) is 44.6. The highest BCUT2D eigenvalue weighted by Gasteiger charge is 2.30. The van der Waals surface area contributed by atoms with Crippen LogP contribution in [0.2, 0.25) is 0 Å². The molecule has 736 valence electrons. The lowest BCUT2D eigenvalue weighted by Crippen LogP contribution is -2.24. The van der Waals surface area contributed by atoms with Crippen molar-refractivity contribution in [3.05, 3.63) is 285 Å². The fourth-order valence-electron chi connectivity index (χ4n) is 13.7. The number of hydrogen-bond donors (Lipinski definition) is 4. The Balaban J connectivity index is 0.000000203. The number of aliphatic hydroxyl groups is 4. The molecular formula is C101H123Cl4F7N12O12. The highest BCUT2D eigenvalue weighted by atomic mass is 35.5. The Morgan fingerprint density at radius 3 is 0.676 bits per heavy atom. The number of hydrogen-bond acceptors (Lipinski definition) is 20. The number of halogens is 11. The van der Waals surface area contributed by atoms with Crippen LogP contribution in [-0.2, 0) is 74.5 Å². The van der Waals surface area contributed by atoms with Gasteiger partial charge in [0.25, 0.3) is 0 Å². The lowest BCUT2D eigenvalue weighted by Gasteiger charge is -2.27. The normalized spacial score (nSPS) is 13.5. The predicted molar refractivity (Wildman–Crippen MR) is 512 cm³/mol. The van der Waals surface area contributed by atoms with Crippen LogP contribution in [0.1, 0.15) is 156 Å². The molecule has 2 unspecified atom stereocenters. The van der Waals surface area contributed by atoms with Crippen LogP contribution in [0.15, 0.2) is 195 Å². The highest BCUT2D eigenvalue weighted by molar-refractivity contribution is 6.18. The Labute approximate surface area is 810 Å². The molecule has 0 saturated heterocycles. The molecule has 0 aliphatic carbocycles. The largest absolute Gasteiger partial charge is 0.493 e. The third-order valence-electron chi connectivity index (χ3n) is 22.6. The molecule has 0 bridgehead atoms. The molecule has 0 fully saturated rings. The average Bonchev–Trinajstić information content (AvgIpc) is 0.964. The number of aliphatic hydroxyl groups excluding tert-OH is 4. The van der Waals surface area contributed by atoms with Gasteiger partial charge in [-0.3, -0.25) is 0 Å². The van der Waals surface area contributed by atoms with Crippen molar-refractivity contribution in [2.75, 3.05) is 76.4 Å². The Morgan fingerprint density at radius 1 is 0.287 bits per heavy atom. The molecular weight excluding hydrogens is 1840 g/mol. The number of aromatic nitrogens is 12. The fraction of sp³-hybridized carbons (Fsp3) is 0.446. The first kappa shape index (κ1) is 109. The standard InChI is InChI=1S/C26H33ClFN3O3.3C25H30ClF2N3O3/c1-18(12-27)16-34-25-10-7-21(11-19(25)2)26(3,4)20-5-8-24(9-6-20)33-17-23(32)15-31-14-22(13-28)29-30-31;3*1-17(11-26)15-34-24-9-6-19(10-23(24)28)25(2,3)18-4-7-22(8-5-18)33-16-21(32)14-31-13-20(12-27)29-30-31/h5-11,14,18,23,32H,12-13,15-17H2,1-4H3;3*4-10,13,17,21,32H,11-12,14-16H2,1-3H3/t;2*17-,21+;17-,21-/m.100/s1/i28-1;3*27-1. The minimum absolute atomic E-state index is 0.0442. The molecule has 24 nitrogen and oxygen atoms in total. The molecule has 0 radical (unpaired) electrons. The molecule has 0 amide bonds. The summed E-state index contributed by atoms with van der Waals surface area (Å²) in [4.78, 5) is 0. The third-order valence-corrected chi connectivity index (χ3v) is 24.7. The van der Waals surface area contributed by atoms with E-state index in [-0.39, 0.29) is 116 Å². The predicted octanol–water partition coefficient (Wildman–Crippen LogP) is 19.8. The molecule has 4 aromatic heterocycles. The fourth-order valence-corrected chi connectivity index (χ4v) is 14.0. The average molecular weight is 1970 g/mol. The maximum Gasteiger partial charge on any atom is 0.165 e. The van der Waals surface area contributed by atoms with E-state index in [0.717, 1.165) is 50.3 Å². The quantitative estimate of drug-likeness (QED) is 0.0204. The van der Waals surface area contributed by atoms with Gasteiger partial charge in [-0.1, -0.05) is 183 Å². The van der Waals surface area contributed by atoms with E-state index < -0.39 is 84.8 Å². The van der Waals surface area contributed by atoms with E-state index in [1.165, 1.54) is 67.3 Å². The molecule has 4 N–H and O–H groups in total. The molecule has 4 heterocycles. The van der Waals surface area contributed by atoms with Crippen LogP contribution < -0.4 is 37.9 Å². The molecule has 8 aromatic carbocycles. The molecule has 136 heavy (non-hydrogen) atoms. The Kier molecular flexibility index (Phi) is 42.2. The van der Waals surface area contributed by atoms with E-state index in [4.69, 9.17) is 84.3 Å². The van der Waals surface area contributed by atoms with Crippen LogP contribution in [0.5, 0.6) is 46.0 Å². The second-order valence-electron chi connectivity index (χ2n) is 35.9. The minimum atomic E-state index is -0.832. The van der Waals surface area contributed by atoms with Gasteiger partial charge in [-0.25, -0.2) is 49.5 Å². The second-order valence-corrected chi connectivity index (χ2v) is 37.2. The van der Waals surface area contributed by atoms with Crippen molar-refractivity contribution >= 4 is 46.4 Å². The highest BCUT2D eigenvalue weighted by Crippen LogP contribution is 2.40. The van der Waals surface area contributed by atoms with Crippen LogP contribution in [0.4, 0.5) is 30.7 Å². The van der Waals surface area contributed by atoms with Crippen molar-refractivity contribution < 1.29 is 89.1 Å². The van der Waals surface area contributed by atoms with Gasteiger partial charge in [0.1, 0.15) is 129 Å². The van der Waals surface area contributed by atoms with Crippen LogP contribution in [0, 0.1) is 48.0 Å². The summed E-state index contributed by atoms with van der Waals surface area (Å²) in [6.07, 6.45) is 2.53. The number of rotatable bonds is 48. The minimum Gasteiger partial charge on any atom is -0.493 e. The number of alkyl halides is 8. The SMILES string of the molecule is C[C@@H](CCl)COc1ccc(C(C)(C)c2ccc(OC[C@@H](O)Cn3cc(C[18F])nn3)cc2)cc1F.C[C@@H](CCl)COc1ccc(C(C)(C)c2ccc(OC[C@H](O)Cn3cc(C[18F])nn3)cc2)cc1F.C[C@H](CCl)COc1ccc(C(C)(C)c2ccc(OC[C@@H](O)Cn3cc(C[18F])nn3)cc2)cc1F.Cc1cc(C(C)(C)c2ccc(OCC(O)Cn3cc(C[18F])nn3)cc2)ccc1OCC(C)CCl. The Hall–Kier alpha value is -10.8. The molecule has 0 aliphatic rings. The summed E-state index contributed by atoms with van der Waals surface area (Å²) in [7, 11) is 0. The van der Waals surface area contributed by atoms with Gasteiger partial charge in [-0.2, -0.15) is 0 Å². The number of aryl methyl sites for hydroxylation is 1. The molecule has 0 saturated carbocycles. The van der Waals surface area contributed by atoms with Crippen molar-refractivity contribution in [1.82, 2.24) is 60.0 Å². The first-order chi connectivity index (χ1) is 64.9. The lowest BCUT2D eigenvalue weighted by molar-refractivity contribution is 0.0887. The monoisotopic (exact) mass is 1960 g/mol. The zero-order chi connectivity index (χ0) is 98.9. The van der Waals surface area contributed by atoms with E-state index in [0.29, 0.717) is 78.9 Å². The molecule has 8 atom stereocenters. The smallest absolute Gasteiger partial charge is 0.165 e. The summed E-state index contributed by atoms with van der Waals surface area (Å²) >= 11 is 23.2. The van der Waals surface area contributed by atoms with E-state index in [9.17, 15) is 51.2 Å². The molecule has 12 aromatic rings. The summed E-state index contributed by atoms with van der Waals surface area (Å²) in [5.41, 5.74) is 8.10. The number of ether oxygens (including phenoxy) is 8. The summed E-state index contributed by atoms with van der Waals surface area (Å²) in [5.74, 6) is 5.36. The molecule has 0 spiro atoms. The van der Waals surface area contributed by atoms with E-state index in [1.807, 2.05) is 184 Å².